The Hall–Kier alpha value is -3.43. The Morgan fingerprint density at radius 3 is 2.88 bits per heavy atom. The van der Waals surface area contributed by atoms with Crippen molar-refractivity contribution in [2.75, 3.05) is 5.32 Å². The maximum atomic E-state index is 13.0. The molecule has 2 amide bonds. The maximum Gasteiger partial charge on any atom is 0.586 e. The molecule has 128 valence electrons. The molecule has 0 fully saturated rings. The molecule has 0 bridgehead atoms. The van der Waals surface area contributed by atoms with Gasteiger partial charge in [-0.05, 0) is 24.3 Å². The molecule has 0 spiro atoms. The predicted molar refractivity (Wildman–Crippen MR) is 81.5 cm³/mol. The molecule has 2 aromatic heterocycles. The van der Waals surface area contributed by atoms with Gasteiger partial charge >= 0.3 is 12.3 Å². The van der Waals surface area contributed by atoms with Crippen LogP contribution in [0.3, 0.4) is 0 Å². The van der Waals surface area contributed by atoms with Crippen molar-refractivity contribution in [2.24, 2.45) is 0 Å². The second-order valence-electron chi connectivity index (χ2n) is 5.18. The Morgan fingerprint density at radius 1 is 1.16 bits per heavy atom. The first kappa shape index (κ1) is 15.1. The quantitative estimate of drug-likeness (QED) is 0.759. The van der Waals surface area contributed by atoms with Crippen LogP contribution in [0.5, 0.6) is 11.5 Å². The van der Waals surface area contributed by atoms with Gasteiger partial charge in [0.1, 0.15) is 0 Å². The van der Waals surface area contributed by atoms with Crippen molar-refractivity contribution in [1.29, 1.82) is 0 Å². The monoisotopic (exact) mass is 347 g/mol. The second-order valence-corrected chi connectivity index (χ2v) is 5.18. The molecule has 0 saturated carbocycles. The molecule has 4 rings (SSSR count). The lowest BCUT2D eigenvalue weighted by molar-refractivity contribution is -0.286. The van der Waals surface area contributed by atoms with Gasteiger partial charge in [-0.2, -0.15) is 0 Å². The number of hydrogen-bond acceptors (Lipinski definition) is 5. The highest BCUT2D eigenvalue weighted by molar-refractivity contribution is 5.89. The number of aromatic nitrogens is 3. The van der Waals surface area contributed by atoms with E-state index in [4.69, 9.17) is 0 Å². The summed E-state index contributed by atoms with van der Waals surface area (Å²) in [6.45, 7) is 0.139. The molecule has 10 heteroatoms. The van der Waals surface area contributed by atoms with Crippen LogP contribution in [-0.2, 0) is 6.54 Å². The molecule has 0 unspecified atom stereocenters. The summed E-state index contributed by atoms with van der Waals surface area (Å²) in [5.74, 6) is 0.313. The second kappa shape index (κ2) is 5.58. The minimum absolute atomic E-state index is 0.0918. The molecule has 0 saturated heterocycles. The Morgan fingerprint density at radius 2 is 2.00 bits per heavy atom. The number of anilines is 1. The number of carbonyl (C=O) groups excluding carboxylic acids is 1. The van der Waals surface area contributed by atoms with E-state index in [0.717, 1.165) is 0 Å². The van der Waals surface area contributed by atoms with Gasteiger partial charge in [0.2, 0.25) is 0 Å². The molecule has 1 aliphatic rings. The van der Waals surface area contributed by atoms with Crippen molar-refractivity contribution < 1.29 is 23.0 Å². The van der Waals surface area contributed by atoms with E-state index in [2.05, 4.69) is 30.3 Å². The number of nitrogens with one attached hydrogen (secondary N) is 2. The normalized spacial score (nSPS) is 14.5. The fourth-order valence-corrected chi connectivity index (χ4v) is 2.37. The van der Waals surface area contributed by atoms with Crippen LogP contribution in [0, 0.1) is 0 Å². The van der Waals surface area contributed by atoms with Gasteiger partial charge in [-0.15, -0.1) is 19.0 Å². The van der Waals surface area contributed by atoms with Crippen molar-refractivity contribution in [2.45, 2.75) is 12.8 Å². The summed E-state index contributed by atoms with van der Waals surface area (Å²) in [5.41, 5.74) is 0.944. The molecule has 3 aromatic rings. The number of alkyl halides is 2. The van der Waals surface area contributed by atoms with Crippen LogP contribution in [0.2, 0.25) is 0 Å². The van der Waals surface area contributed by atoms with Crippen LogP contribution in [0.25, 0.3) is 5.65 Å². The number of carbonyl (C=O) groups is 1. The van der Waals surface area contributed by atoms with Crippen LogP contribution in [0.4, 0.5) is 19.3 Å². The first-order valence-corrected chi connectivity index (χ1v) is 7.24. The number of rotatable bonds is 3. The summed E-state index contributed by atoms with van der Waals surface area (Å²) in [6.07, 6.45) is -1.92. The van der Waals surface area contributed by atoms with Gasteiger partial charge < -0.3 is 20.1 Å². The highest BCUT2D eigenvalue weighted by Gasteiger charge is 2.43. The fraction of sp³-hybridized carbons (Fsp3) is 0.133. The van der Waals surface area contributed by atoms with E-state index in [9.17, 15) is 13.6 Å². The SMILES string of the molecule is O=C(NCc1nnc2ccccn12)Nc1ccc2c(c1)OC(F)(F)O2. The molecule has 25 heavy (non-hydrogen) atoms. The third kappa shape index (κ3) is 3.01. The summed E-state index contributed by atoms with van der Waals surface area (Å²) in [7, 11) is 0. The van der Waals surface area contributed by atoms with E-state index in [1.807, 2.05) is 12.1 Å². The highest BCUT2D eigenvalue weighted by Crippen LogP contribution is 2.42. The van der Waals surface area contributed by atoms with Gasteiger partial charge in [-0.25, -0.2) is 4.79 Å². The van der Waals surface area contributed by atoms with Gasteiger partial charge in [0.25, 0.3) is 0 Å². The van der Waals surface area contributed by atoms with Crippen LogP contribution in [0.15, 0.2) is 42.6 Å². The predicted octanol–water partition coefficient (Wildman–Crippen LogP) is 2.37. The zero-order chi connectivity index (χ0) is 17.4. The number of halogens is 2. The van der Waals surface area contributed by atoms with Crippen LogP contribution in [0.1, 0.15) is 5.82 Å². The lowest BCUT2D eigenvalue weighted by Gasteiger charge is -2.07. The number of pyridine rings is 1. The van der Waals surface area contributed by atoms with Gasteiger partial charge in [-0.1, -0.05) is 6.07 Å². The zero-order valence-electron chi connectivity index (χ0n) is 12.6. The van der Waals surface area contributed by atoms with Gasteiger partial charge in [0.05, 0.1) is 6.54 Å². The third-order valence-electron chi connectivity index (χ3n) is 3.45. The van der Waals surface area contributed by atoms with Gasteiger partial charge in [0.15, 0.2) is 23.0 Å². The standard InChI is InChI=1S/C15H11F2N5O3/c16-15(17)24-10-5-4-9(7-11(10)25-15)19-14(23)18-8-13-21-20-12-3-1-2-6-22(12)13/h1-7H,8H2,(H2,18,19,23). The number of urea groups is 1. The molecule has 3 heterocycles. The number of ether oxygens (including phenoxy) is 2. The van der Waals surface area contributed by atoms with Gasteiger partial charge in [0, 0.05) is 18.0 Å². The Kier molecular flexibility index (Phi) is 3.38. The van der Waals surface area contributed by atoms with E-state index in [-0.39, 0.29) is 23.7 Å². The van der Waals surface area contributed by atoms with Gasteiger partial charge in [-0.3, -0.25) is 4.40 Å². The fourth-order valence-electron chi connectivity index (χ4n) is 2.37. The van der Waals surface area contributed by atoms with Crippen LogP contribution in [-0.4, -0.2) is 26.9 Å². The molecule has 2 N–H and O–H groups in total. The lowest BCUT2D eigenvalue weighted by Crippen LogP contribution is -2.29. The first-order valence-electron chi connectivity index (χ1n) is 7.24. The number of hydrogen-bond donors (Lipinski definition) is 2. The number of fused-ring (bicyclic) bond motifs is 2. The van der Waals surface area contributed by atoms with Crippen molar-refractivity contribution in [3.8, 4) is 11.5 Å². The van der Waals surface area contributed by atoms with Crippen molar-refractivity contribution in [3.63, 3.8) is 0 Å². The minimum atomic E-state index is -3.70. The first-order chi connectivity index (χ1) is 12.0. The number of nitrogens with zero attached hydrogens (tertiary/aromatic N) is 3. The molecule has 1 aromatic carbocycles. The molecular formula is C15H11F2N5O3. The molecular weight excluding hydrogens is 336 g/mol. The van der Waals surface area contributed by atoms with E-state index in [1.165, 1.54) is 18.2 Å². The maximum absolute atomic E-state index is 13.0. The third-order valence-corrected chi connectivity index (χ3v) is 3.45. The molecule has 8 nitrogen and oxygen atoms in total. The molecule has 0 aliphatic carbocycles. The Labute approximate surface area is 139 Å². The van der Waals surface area contributed by atoms with E-state index < -0.39 is 12.3 Å². The smallest absolute Gasteiger partial charge is 0.395 e. The van der Waals surface area contributed by atoms with Crippen molar-refractivity contribution in [1.82, 2.24) is 19.9 Å². The van der Waals surface area contributed by atoms with Crippen LogP contribution < -0.4 is 20.1 Å². The van der Waals surface area contributed by atoms with E-state index in [1.54, 1.807) is 16.7 Å². The van der Waals surface area contributed by atoms with Crippen molar-refractivity contribution >= 4 is 17.4 Å². The summed E-state index contributed by atoms with van der Waals surface area (Å²) in [5, 5.41) is 13.1. The largest absolute Gasteiger partial charge is 0.586 e. The average molecular weight is 347 g/mol. The molecule has 1 aliphatic heterocycles. The summed E-state index contributed by atoms with van der Waals surface area (Å²) >= 11 is 0. The summed E-state index contributed by atoms with van der Waals surface area (Å²) < 4.78 is 36.3. The lowest BCUT2D eigenvalue weighted by atomic mass is 10.3. The summed E-state index contributed by atoms with van der Waals surface area (Å²) in [6, 6.07) is 8.88. The number of amides is 2. The van der Waals surface area contributed by atoms with Crippen LogP contribution >= 0.6 is 0 Å². The van der Waals surface area contributed by atoms with E-state index >= 15 is 0 Å². The minimum Gasteiger partial charge on any atom is -0.395 e. The summed E-state index contributed by atoms with van der Waals surface area (Å²) in [4.78, 5) is 12.0. The van der Waals surface area contributed by atoms with E-state index in [0.29, 0.717) is 11.5 Å². The zero-order valence-corrected chi connectivity index (χ0v) is 12.6. The molecule has 0 atom stereocenters. The topological polar surface area (TPSA) is 89.8 Å². The van der Waals surface area contributed by atoms with Crippen molar-refractivity contribution in [3.05, 3.63) is 48.4 Å². The Balaban J connectivity index is 1.40. The highest BCUT2D eigenvalue weighted by atomic mass is 19.3. The Bertz CT molecular complexity index is 959. The number of benzene rings is 1. The average Bonchev–Trinajstić information content (AvgIpc) is 3.11. The molecule has 0 radical (unpaired) electrons.